The van der Waals surface area contributed by atoms with Crippen molar-refractivity contribution >= 4 is 39.4 Å². The Bertz CT molecular complexity index is 1080. The van der Waals surface area contributed by atoms with E-state index in [0.717, 1.165) is 26.6 Å². The first kappa shape index (κ1) is 16.9. The van der Waals surface area contributed by atoms with Crippen molar-refractivity contribution in [3.8, 4) is 10.4 Å². The van der Waals surface area contributed by atoms with Crippen LogP contribution in [-0.4, -0.2) is 42.2 Å². The number of pyridine rings is 2. The van der Waals surface area contributed by atoms with Gasteiger partial charge >= 0.3 is 6.09 Å². The zero-order valence-corrected chi connectivity index (χ0v) is 14.8. The van der Waals surface area contributed by atoms with Gasteiger partial charge < -0.3 is 20.3 Å². The van der Waals surface area contributed by atoms with Gasteiger partial charge in [0.1, 0.15) is 11.3 Å². The highest BCUT2D eigenvalue weighted by atomic mass is 32.1. The van der Waals surface area contributed by atoms with Crippen molar-refractivity contribution in [2.45, 2.75) is 6.54 Å². The Balaban J connectivity index is 1.52. The van der Waals surface area contributed by atoms with Gasteiger partial charge in [-0.1, -0.05) is 11.3 Å². The minimum Gasteiger partial charge on any atom is -0.465 e. The average Bonchev–Trinajstić information content (AvgIpc) is 3.30. The Morgan fingerprint density at radius 1 is 1.19 bits per heavy atom. The van der Waals surface area contributed by atoms with Crippen LogP contribution in [0.5, 0.6) is 0 Å². The molecule has 0 aliphatic rings. The lowest BCUT2D eigenvalue weighted by Gasteiger charge is -2.06. The summed E-state index contributed by atoms with van der Waals surface area (Å²) in [6.07, 6.45) is 7.61. The molecule has 0 atom stereocenters. The van der Waals surface area contributed by atoms with E-state index in [-0.39, 0.29) is 0 Å². The lowest BCUT2D eigenvalue weighted by atomic mass is 10.2. The van der Waals surface area contributed by atoms with Gasteiger partial charge in [-0.05, 0) is 17.7 Å². The third-order valence-electron chi connectivity index (χ3n) is 3.84. The van der Waals surface area contributed by atoms with Gasteiger partial charge in [0.15, 0.2) is 5.13 Å². The van der Waals surface area contributed by atoms with Gasteiger partial charge in [0, 0.05) is 37.7 Å². The Kier molecular flexibility index (Phi) is 4.62. The maximum Gasteiger partial charge on any atom is 0.404 e. The third-order valence-corrected chi connectivity index (χ3v) is 4.80. The van der Waals surface area contributed by atoms with E-state index < -0.39 is 6.09 Å². The fraction of sp³-hybridized carbons (Fsp3) is 0.118. The number of fused-ring (bicyclic) bond motifs is 1. The van der Waals surface area contributed by atoms with Gasteiger partial charge in [0.2, 0.25) is 0 Å². The van der Waals surface area contributed by atoms with E-state index in [1.807, 2.05) is 29.0 Å². The summed E-state index contributed by atoms with van der Waals surface area (Å²) in [4.78, 5) is 28.7. The van der Waals surface area contributed by atoms with Crippen LogP contribution in [0.15, 0.2) is 49.3 Å². The Morgan fingerprint density at radius 3 is 2.85 bits per heavy atom. The molecule has 0 aliphatic carbocycles. The maximum atomic E-state index is 10.6. The summed E-state index contributed by atoms with van der Waals surface area (Å²) in [6, 6.07) is 5.74. The van der Waals surface area contributed by atoms with E-state index in [4.69, 9.17) is 5.11 Å². The first-order chi connectivity index (χ1) is 13.2. The topological polar surface area (TPSA) is 118 Å². The van der Waals surface area contributed by atoms with Crippen LogP contribution in [-0.2, 0) is 6.54 Å². The van der Waals surface area contributed by atoms with Crippen molar-refractivity contribution in [3.05, 3.63) is 49.3 Å². The van der Waals surface area contributed by atoms with Gasteiger partial charge in [-0.15, -0.1) is 0 Å². The van der Waals surface area contributed by atoms with E-state index in [1.165, 1.54) is 11.3 Å². The predicted molar refractivity (Wildman–Crippen MR) is 102 cm³/mol. The van der Waals surface area contributed by atoms with Gasteiger partial charge in [0.05, 0.1) is 22.9 Å². The fourth-order valence-corrected chi connectivity index (χ4v) is 3.41. The minimum absolute atomic E-state index is 0.299. The lowest BCUT2D eigenvalue weighted by molar-refractivity contribution is 0.194. The molecule has 0 bridgehead atoms. The summed E-state index contributed by atoms with van der Waals surface area (Å²) in [5, 5.41) is 15.0. The van der Waals surface area contributed by atoms with Crippen LogP contribution in [0.3, 0.4) is 0 Å². The molecule has 0 saturated carbocycles. The lowest BCUT2D eigenvalue weighted by Crippen LogP contribution is -2.24. The van der Waals surface area contributed by atoms with E-state index in [9.17, 15) is 4.79 Å². The zero-order chi connectivity index (χ0) is 18.6. The smallest absolute Gasteiger partial charge is 0.404 e. The first-order valence-corrected chi connectivity index (χ1v) is 8.91. The first-order valence-electron chi connectivity index (χ1n) is 8.10. The molecular formula is C17H15N7O2S. The van der Waals surface area contributed by atoms with Crippen molar-refractivity contribution in [1.82, 2.24) is 29.8 Å². The molecule has 1 amide bonds. The number of anilines is 2. The standard InChI is InChI=1S/C17H15N7O2S/c25-17(26)19-5-6-24-10-22-12-8-20-15(7-13(12)24)23-16-21-9-14(27-16)11-1-3-18-4-2-11/h1-4,7-10,19H,5-6H2,(H,25,26)(H,20,21,23). The number of amides is 1. The SMILES string of the molecule is O=C(O)NCCn1cnc2cnc(Nc3ncc(-c4ccncc4)s3)cc21. The normalized spacial score (nSPS) is 10.8. The summed E-state index contributed by atoms with van der Waals surface area (Å²) in [5.74, 6) is 0.645. The molecule has 27 heavy (non-hydrogen) atoms. The van der Waals surface area contributed by atoms with Gasteiger partial charge in [0.25, 0.3) is 0 Å². The van der Waals surface area contributed by atoms with Crippen LogP contribution in [0.25, 0.3) is 21.5 Å². The highest BCUT2D eigenvalue weighted by Crippen LogP contribution is 2.30. The average molecular weight is 381 g/mol. The second-order valence-corrected chi connectivity index (χ2v) is 6.65. The molecule has 0 saturated heterocycles. The van der Waals surface area contributed by atoms with Crippen LogP contribution < -0.4 is 10.6 Å². The Hall–Kier alpha value is -3.53. The maximum absolute atomic E-state index is 10.6. The summed E-state index contributed by atoms with van der Waals surface area (Å²) in [6.45, 7) is 0.781. The number of imidazole rings is 1. The highest BCUT2D eigenvalue weighted by molar-refractivity contribution is 7.18. The molecule has 0 aliphatic heterocycles. The summed E-state index contributed by atoms with van der Waals surface area (Å²) in [5.41, 5.74) is 2.67. The van der Waals surface area contributed by atoms with Gasteiger partial charge in [-0.2, -0.15) is 0 Å². The molecule has 4 rings (SSSR count). The quantitative estimate of drug-likeness (QED) is 0.470. The van der Waals surface area contributed by atoms with Crippen LogP contribution in [0.2, 0.25) is 0 Å². The Labute approximate surface area is 157 Å². The molecule has 4 heterocycles. The van der Waals surface area contributed by atoms with Crippen molar-refractivity contribution in [3.63, 3.8) is 0 Å². The van der Waals surface area contributed by atoms with Crippen LogP contribution in [0, 0.1) is 0 Å². The second-order valence-electron chi connectivity index (χ2n) is 5.62. The number of hydrogen-bond acceptors (Lipinski definition) is 7. The molecule has 4 aromatic heterocycles. The number of nitrogens with one attached hydrogen (secondary N) is 2. The summed E-state index contributed by atoms with van der Waals surface area (Å²) >= 11 is 1.52. The molecular weight excluding hydrogens is 366 g/mol. The molecule has 9 nitrogen and oxygen atoms in total. The molecule has 0 radical (unpaired) electrons. The van der Waals surface area contributed by atoms with Gasteiger partial charge in [-0.25, -0.2) is 19.7 Å². The second kappa shape index (κ2) is 7.38. The van der Waals surface area contributed by atoms with Gasteiger partial charge in [-0.3, -0.25) is 4.98 Å². The predicted octanol–water partition coefficient (Wildman–Crippen LogP) is 2.96. The fourth-order valence-electron chi connectivity index (χ4n) is 2.58. The number of nitrogens with zero attached hydrogens (tertiary/aromatic N) is 5. The van der Waals surface area contributed by atoms with E-state index in [1.54, 1.807) is 24.9 Å². The molecule has 136 valence electrons. The number of aromatic nitrogens is 5. The highest BCUT2D eigenvalue weighted by Gasteiger charge is 2.08. The molecule has 10 heteroatoms. The zero-order valence-electron chi connectivity index (χ0n) is 14.0. The van der Waals surface area contributed by atoms with Crippen LogP contribution >= 0.6 is 11.3 Å². The summed E-state index contributed by atoms with van der Waals surface area (Å²) in [7, 11) is 0. The minimum atomic E-state index is -1.04. The largest absolute Gasteiger partial charge is 0.465 e. The number of rotatable bonds is 6. The van der Waals surface area contributed by atoms with E-state index >= 15 is 0 Å². The Morgan fingerprint density at radius 2 is 2.04 bits per heavy atom. The molecule has 0 unspecified atom stereocenters. The number of hydrogen-bond donors (Lipinski definition) is 3. The molecule has 3 N–H and O–H groups in total. The number of thiazole rings is 1. The van der Waals surface area contributed by atoms with Crippen molar-refractivity contribution in [1.29, 1.82) is 0 Å². The van der Waals surface area contributed by atoms with Crippen molar-refractivity contribution < 1.29 is 9.90 Å². The van der Waals surface area contributed by atoms with Crippen molar-refractivity contribution in [2.24, 2.45) is 0 Å². The summed E-state index contributed by atoms with van der Waals surface area (Å²) < 4.78 is 1.88. The van der Waals surface area contributed by atoms with Crippen LogP contribution in [0.4, 0.5) is 15.7 Å². The van der Waals surface area contributed by atoms with Crippen molar-refractivity contribution in [2.75, 3.05) is 11.9 Å². The van der Waals surface area contributed by atoms with E-state index in [2.05, 4.69) is 30.6 Å². The number of carbonyl (C=O) groups is 1. The molecule has 0 fully saturated rings. The molecule has 4 aromatic rings. The molecule has 0 spiro atoms. The number of carboxylic acid groups (broad SMARTS) is 1. The third kappa shape index (κ3) is 3.85. The molecule has 0 aromatic carbocycles. The van der Waals surface area contributed by atoms with Crippen LogP contribution in [0.1, 0.15) is 0 Å². The van der Waals surface area contributed by atoms with E-state index in [0.29, 0.717) is 18.9 Å². The monoisotopic (exact) mass is 381 g/mol.